The topological polar surface area (TPSA) is 85.6 Å². The van der Waals surface area contributed by atoms with E-state index in [0.717, 1.165) is 16.6 Å². The lowest BCUT2D eigenvalue weighted by molar-refractivity contribution is -0.104. The zero-order valence-electron chi connectivity index (χ0n) is 15.0. The molecule has 1 N–H and O–H groups in total. The molecule has 0 unspecified atom stereocenters. The minimum absolute atomic E-state index is 0.268. The molecule has 0 aliphatic carbocycles. The van der Waals surface area contributed by atoms with Gasteiger partial charge < -0.3 is 10.1 Å². The Morgan fingerprint density at radius 3 is 2.89 bits per heavy atom. The molecule has 138 valence electrons. The first-order chi connectivity index (χ1) is 13.7. The molecule has 7 nitrogen and oxygen atoms in total. The van der Waals surface area contributed by atoms with Crippen LogP contribution in [-0.2, 0) is 4.79 Å². The number of anilines is 2. The molecule has 1 aromatic carbocycles. The number of nitrogens with one attached hydrogen (secondary N) is 1. The molecule has 4 rings (SSSR count). The molecule has 0 spiro atoms. The summed E-state index contributed by atoms with van der Waals surface area (Å²) in [5, 5.41) is 4.13. The molecule has 0 aliphatic heterocycles. The van der Waals surface area contributed by atoms with Crippen molar-refractivity contribution in [3.63, 3.8) is 0 Å². The molecule has 0 radical (unpaired) electrons. The number of benzene rings is 1. The Morgan fingerprint density at radius 1 is 1.18 bits per heavy atom. The third-order valence-corrected chi connectivity index (χ3v) is 4.28. The van der Waals surface area contributed by atoms with Crippen LogP contribution in [0.3, 0.4) is 0 Å². The molecule has 0 atom stereocenters. The predicted molar refractivity (Wildman–Crippen MR) is 108 cm³/mol. The third-order valence-electron chi connectivity index (χ3n) is 4.28. The van der Waals surface area contributed by atoms with E-state index in [4.69, 9.17) is 4.74 Å². The van der Waals surface area contributed by atoms with Crippen LogP contribution in [0.5, 0.6) is 5.75 Å². The van der Waals surface area contributed by atoms with Gasteiger partial charge >= 0.3 is 0 Å². The number of carbonyl (C=O) groups is 1. The van der Waals surface area contributed by atoms with Gasteiger partial charge in [0, 0.05) is 23.5 Å². The van der Waals surface area contributed by atoms with Gasteiger partial charge in [0.2, 0.25) is 0 Å². The van der Waals surface area contributed by atoms with E-state index in [1.807, 2.05) is 30.3 Å². The Kier molecular flexibility index (Phi) is 4.55. The molecule has 3 aromatic heterocycles. The van der Waals surface area contributed by atoms with E-state index < -0.39 is 0 Å². The monoisotopic (exact) mass is 372 g/mol. The van der Waals surface area contributed by atoms with Gasteiger partial charge in [-0.25, -0.2) is 4.98 Å². The lowest BCUT2D eigenvalue weighted by atomic mass is 10.2. The lowest BCUT2D eigenvalue weighted by Crippen LogP contribution is -2.20. The van der Waals surface area contributed by atoms with Crippen LogP contribution in [-0.4, -0.2) is 27.8 Å². The van der Waals surface area contributed by atoms with Gasteiger partial charge in [-0.2, -0.15) is 0 Å². The van der Waals surface area contributed by atoms with Crippen molar-refractivity contribution >= 4 is 40.4 Å². The zero-order valence-corrected chi connectivity index (χ0v) is 15.0. The Balaban J connectivity index is 1.91. The number of allylic oxidation sites excluding steroid dienone is 1. The van der Waals surface area contributed by atoms with Crippen molar-refractivity contribution in [2.75, 3.05) is 12.4 Å². The van der Waals surface area contributed by atoms with Crippen LogP contribution in [0.2, 0.25) is 0 Å². The minimum atomic E-state index is -0.313. The second kappa shape index (κ2) is 7.32. The van der Waals surface area contributed by atoms with Gasteiger partial charge in [0.25, 0.3) is 5.56 Å². The van der Waals surface area contributed by atoms with Crippen LogP contribution in [0, 0.1) is 0 Å². The summed E-state index contributed by atoms with van der Waals surface area (Å²) in [5.41, 5.74) is 1.94. The molecule has 7 heteroatoms. The number of pyridine rings is 2. The van der Waals surface area contributed by atoms with Crippen LogP contribution >= 0.6 is 0 Å². The number of nitrogens with zero attached hydrogens (tertiary/aromatic N) is 3. The number of aromatic nitrogens is 3. The molecular formula is C21H16N4O3. The predicted octanol–water partition coefficient (Wildman–Crippen LogP) is 3.21. The van der Waals surface area contributed by atoms with Crippen LogP contribution in [0.4, 0.5) is 11.5 Å². The zero-order chi connectivity index (χ0) is 19.5. The van der Waals surface area contributed by atoms with Crippen molar-refractivity contribution in [3.05, 3.63) is 76.9 Å². The van der Waals surface area contributed by atoms with Gasteiger partial charge in [0.1, 0.15) is 12.1 Å². The summed E-state index contributed by atoms with van der Waals surface area (Å²) in [7, 11) is 1.52. The summed E-state index contributed by atoms with van der Waals surface area (Å²) in [6, 6.07) is 12.9. The molecule has 28 heavy (non-hydrogen) atoms. The molecule has 3 heterocycles. The number of fused-ring (bicyclic) bond motifs is 2. The van der Waals surface area contributed by atoms with Gasteiger partial charge in [-0.1, -0.05) is 6.07 Å². The second-order valence-electron chi connectivity index (χ2n) is 5.98. The number of hydrogen-bond acceptors (Lipinski definition) is 6. The van der Waals surface area contributed by atoms with Gasteiger partial charge in [0.05, 0.1) is 18.2 Å². The SMILES string of the molecule is COc1cccn2c(=O)c(/C=C/C=O)c(Nc3ccc4ncccc4c3)nc12. The lowest BCUT2D eigenvalue weighted by Gasteiger charge is -2.13. The highest BCUT2D eigenvalue weighted by Crippen LogP contribution is 2.24. The molecule has 4 aromatic rings. The normalized spacial score (nSPS) is 11.2. The molecular weight excluding hydrogens is 356 g/mol. The molecule has 0 fully saturated rings. The first-order valence-electron chi connectivity index (χ1n) is 8.54. The fourth-order valence-electron chi connectivity index (χ4n) is 2.98. The summed E-state index contributed by atoms with van der Waals surface area (Å²) in [6.45, 7) is 0. The van der Waals surface area contributed by atoms with Crippen molar-refractivity contribution < 1.29 is 9.53 Å². The summed E-state index contributed by atoms with van der Waals surface area (Å²) in [4.78, 5) is 32.7. The van der Waals surface area contributed by atoms with Gasteiger partial charge in [-0.05, 0) is 48.6 Å². The van der Waals surface area contributed by atoms with E-state index in [1.54, 1.807) is 24.5 Å². The van der Waals surface area contributed by atoms with Gasteiger partial charge in [-0.15, -0.1) is 0 Å². The van der Waals surface area contributed by atoms with E-state index in [1.165, 1.54) is 23.7 Å². The first kappa shape index (κ1) is 17.4. The standard InChI is InChI=1S/C21H16N4O3/c1-28-18-7-3-11-25-20(18)24-19(16(21(25)27)6-4-12-26)23-15-8-9-17-14(13-15)5-2-10-22-17/h2-13,23H,1H3/b6-4+. The van der Waals surface area contributed by atoms with Gasteiger partial charge in [0.15, 0.2) is 11.4 Å². The Bertz CT molecular complexity index is 1280. The molecule has 0 amide bonds. The largest absolute Gasteiger partial charge is 0.493 e. The average molecular weight is 372 g/mol. The fraction of sp³-hybridized carbons (Fsp3) is 0.0476. The van der Waals surface area contributed by atoms with Crippen molar-refractivity contribution in [1.29, 1.82) is 0 Å². The fourth-order valence-corrected chi connectivity index (χ4v) is 2.98. The van der Waals surface area contributed by atoms with Gasteiger partial charge in [-0.3, -0.25) is 19.0 Å². The second-order valence-corrected chi connectivity index (χ2v) is 5.98. The van der Waals surface area contributed by atoms with Crippen LogP contribution < -0.4 is 15.6 Å². The third kappa shape index (κ3) is 3.09. The maximum Gasteiger partial charge on any atom is 0.267 e. The van der Waals surface area contributed by atoms with Crippen molar-refractivity contribution in [3.8, 4) is 5.75 Å². The van der Waals surface area contributed by atoms with E-state index in [0.29, 0.717) is 23.5 Å². The molecule has 0 aliphatic rings. The maximum absolute atomic E-state index is 13.0. The molecule has 0 bridgehead atoms. The summed E-state index contributed by atoms with van der Waals surface area (Å²) >= 11 is 0. The smallest absolute Gasteiger partial charge is 0.267 e. The van der Waals surface area contributed by atoms with Crippen molar-refractivity contribution in [1.82, 2.24) is 14.4 Å². The van der Waals surface area contributed by atoms with E-state index in [9.17, 15) is 9.59 Å². The number of hydrogen-bond donors (Lipinski definition) is 1. The number of carbonyl (C=O) groups excluding carboxylic acids is 1. The highest BCUT2D eigenvalue weighted by Gasteiger charge is 2.14. The quantitative estimate of drug-likeness (QED) is 0.428. The summed E-state index contributed by atoms with van der Waals surface area (Å²) in [5.74, 6) is 0.798. The molecule has 0 saturated carbocycles. The van der Waals surface area contributed by atoms with E-state index >= 15 is 0 Å². The number of methoxy groups -OCH3 is 1. The summed E-state index contributed by atoms with van der Waals surface area (Å²) in [6.07, 6.45) is 6.66. The molecule has 0 saturated heterocycles. The summed E-state index contributed by atoms with van der Waals surface area (Å²) < 4.78 is 6.72. The Morgan fingerprint density at radius 2 is 2.07 bits per heavy atom. The number of ether oxygens (including phenoxy) is 1. The maximum atomic E-state index is 13.0. The van der Waals surface area contributed by atoms with Crippen molar-refractivity contribution in [2.45, 2.75) is 0 Å². The first-order valence-corrected chi connectivity index (χ1v) is 8.54. The Hall–Kier alpha value is -4.00. The van der Waals surface area contributed by atoms with E-state index in [-0.39, 0.29) is 11.1 Å². The van der Waals surface area contributed by atoms with Crippen LogP contribution in [0.15, 0.2) is 65.7 Å². The highest BCUT2D eigenvalue weighted by atomic mass is 16.5. The minimum Gasteiger partial charge on any atom is -0.493 e. The van der Waals surface area contributed by atoms with Crippen molar-refractivity contribution in [2.24, 2.45) is 0 Å². The van der Waals surface area contributed by atoms with Crippen LogP contribution in [0.25, 0.3) is 22.6 Å². The van der Waals surface area contributed by atoms with Crippen LogP contribution in [0.1, 0.15) is 5.56 Å². The average Bonchev–Trinajstić information content (AvgIpc) is 2.73. The highest BCUT2D eigenvalue weighted by molar-refractivity contribution is 5.84. The number of aldehydes is 1. The van der Waals surface area contributed by atoms with E-state index in [2.05, 4.69) is 15.3 Å². The Labute approximate surface area is 159 Å². The number of rotatable bonds is 5.